The number of hydrogen-bond donors (Lipinski definition) is 0. The number of benzene rings is 3. The average molecular weight is 487 g/mol. The maximum absolute atomic E-state index is 4.15. The quantitative estimate of drug-likeness (QED) is 0.238. The van der Waals surface area contributed by atoms with Gasteiger partial charge in [-0.25, -0.2) is 0 Å². The summed E-state index contributed by atoms with van der Waals surface area (Å²) in [7, 11) is 0. The molecule has 0 aromatic heterocycles. The first kappa shape index (κ1) is 25.5. The highest BCUT2D eigenvalue weighted by atomic mass is 14.5. The zero-order chi connectivity index (χ0) is 26.4. The van der Waals surface area contributed by atoms with E-state index in [1.807, 2.05) is 0 Å². The fourth-order valence-corrected chi connectivity index (χ4v) is 6.64. The Morgan fingerprint density at radius 3 is 2.08 bits per heavy atom. The molecule has 2 aliphatic carbocycles. The molecule has 0 amide bonds. The minimum atomic E-state index is -0.165. The smallest absolute Gasteiger partial charge is 0.0309 e. The van der Waals surface area contributed by atoms with E-state index < -0.39 is 0 Å². The van der Waals surface area contributed by atoms with Crippen LogP contribution in [0.25, 0.3) is 11.1 Å². The Balaban J connectivity index is 1.85. The van der Waals surface area contributed by atoms with Crippen molar-refractivity contribution in [3.63, 3.8) is 0 Å². The molecule has 0 bridgehead atoms. The zero-order valence-corrected chi connectivity index (χ0v) is 23.6. The third-order valence-corrected chi connectivity index (χ3v) is 8.54. The largest absolute Gasteiger partial charge is 0.103 e. The molecule has 0 saturated heterocycles. The molecule has 3 aromatic carbocycles. The van der Waals surface area contributed by atoms with E-state index in [0.29, 0.717) is 5.92 Å². The second-order valence-electron chi connectivity index (χ2n) is 13.0. The van der Waals surface area contributed by atoms with Crippen LogP contribution in [0.2, 0.25) is 0 Å². The summed E-state index contributed by atoms with van der Waals surface area (Å²) in [6.45, 7) is 18.2. The van der Waals surface area contributed by atoms with Crippen LogP contribution in [0.1, 0.15) is 87.8 Å². The summed E-state index contributed by atoms with van der Waals surface area (Å²) in [5.41, 5.74) is 11.7. The summed E-state index contributed by atoms with van der Waals surface area (Å²) in [6.07, 6.45) is 14.4. The molecular weight excluding hydrogens is 444 g/mol. The molecule has 0 fully saturated rings. The van der Waals surface area contributed by atoms with E-state index in [2.05, 4.69) is 139 Å². The Kier molecular flexibility index (Phi) is 6.43. The van der Waals surface area contributed by atoms with Crippen molar-refractivity contribution in [2.75, 3.05) is 0 Å². The van der Waals surface area contributed by atoms with Crippen molar-refractivity contribution >= 4 is 0 Å². The van der Waals surface area contributed by atoms with Gasteiger partial charge in [0.15, 0.2) is 0 Å². The fraction of sp³-hybridized carbons (Fsp3) is 0.351. The summed E-state index contributed by atoms with van der Waals surface area (Å²) in [5.74, 6) is 0.302. The third-order valence-electron chi connectivity index (χ3n) is 8.54. The van der Waals surface area contributed by atoms with Gasteiger partial charge in [0.1, 0.15) is 0 Å². The highest BCUT2D eigenvalue weighted by Gasteiger charge is 2.45. The number of rotatable bonds is 6. The van der Waals surface area contributed by atoms with Crippen LogP contribution >= 0.6 is 0 Å². The molecule has 0 radical (unpaired) electrons. The van der Waals surface area contributed by atoms with Crippen LogP contribution in [0.15, 0.2) is 97.6 Å². The van der Waals surface area contributed by atoms with Crippen molar-refractivity contribution in [2.45, 2.75) is 77.0 Å². The number of hydrogen-bond acceptors (Lipinski definition) is 0. The first-order valence-corrected chi connectivity index (χ1v) is 13.9. The van der Waals surface area contributed by atoms with Gasteiger partial charge in [-0.15, -0.1) is 6.58 Å². The highest BCUT2D eigenvalue weighted by Crippen LogP contribution is 2.54. The van der Waals surface area contributed by atoms with Gasteiger partial charge < -0.3 is 0 Å². The van der Waals surface area contributed by atoms with Gasteiger partial charge in [-0.3, -0.25) is 0 Å². The van der Waals surface area contributed by atoms with E-state index in [1.54, 1.807) is 5.56 Å². The Bertz CT molecular complexity index is 1360. The van der Waals surface area contributed by atoms with Crippen LogP contribution in [0, 0.1) is 5.92 Å². The second-order valence-corrected chi connectivity index (χ2v) is 13.0. The lowest BCUT2D eigenvalue weighted by molar-refractivity contribution is 0.397. The lowest BCUT2D eigenvalue weighted by atomic mass is 9.59. The average Bonchev–Trinajstić information content (AvgIpc) is 3.52. The molecule has 0 heteroatoms. The van der Waals surface area contributed by atoms with E-state index in [1.165, 1.54) is 38.9 Å². The van der Waals surface area contributed by atoms with Crippen molar-refractivity contribution in [1.82, 2.24) is 0 Å². The lowest BCUT2D eigenvalue weighted by Gasteiger charge is -2.44. The molecule has 1 unspecified atom stereocenters. The molecular formula is C37H42. The van der Waals surface area contributed by atoms with Gasteiger partial charge in [0, 0.05) is 11.3 Å². The van der Waals surface area contributed by atoms with Crippen molar-refractivity contribution in [2.24, 2.45) is 5.92 Å². The summed E-state index contributed by atoms with van der Waals surface area (Å²) >= 11 is 0. The first-order chi connectivity index (χ1) is 17.6. The maximum atomic E-state index is 4.15. The first-order valence-electron chi connectivity index (χ1n) is 13.9. The van der Waals surface area contributed by atoms with Crippen molar-refractivity contribution in [3.05, 3.63) is 131 Å². The fourth-order valence-electron chi connectivity index (χ4n) is 6.64. The van der Waals surface area contributed by atoms with Crippen molar-refractivity contribution in [3.8, 4) is 11.1 Å². The molecule has 190 valence electrons. The lowest BCUT2D eigenvalue weighted by Crippen LogP contribution is -2.38. The predicted octanol–water partition coefficient (Wildman–Crippen LogP) is 9.85. The van der Waals surface area contributed by atoms with E-state index in [4.69, 9.17) is 0 Å². The molecule has 0 heterocycles. The Morgan fingerprint density at radius 2 is 1.46 bits per heavy atom. The summed E-state index contributed by atoms with van der Waals surface area (Å²) in [6, 6.07) is 23.3. The molecule has 0 N–H and O–H groups in total. The normalized spacial score (nSPS) is 16.5. The molecule has 37 heavy (non-hydrogen) atoms. The summed E-state index contributed by atoms with van der Waals surface area (Å²) < 4.78 is 0. The SMILES string of the molecule is C=CCCC(c1ccccc1)(c1c(C(C)(C)C)ccc2c1Cc1cc(C(C)(C)C)ccc1-2)C1C=CC=C1. The molecule has 0 nitrogen and oxygen atoms in total. The number of allylic oxidation sites excluding steroid dienone is 5. The van der Waals surface area contributed by atoms with Gasteiger partial charge >= 0.3 is 0 Å². The molecule has 5 rings (SSSR count). The third kappa shape index (κ3) is 4.35. The topological polar surface area (TPSA) is 0 Å². The highest BCUT2D eigenvalue weighted by molar-refractivity contribution is 5.80. The monoisotopic (exact) mass is 486 g/mol. The second kappa shape index (κ2) is 9.32. The van der Waals surface area contributed by atoms with Crippen molar-refractivity contribution in [1.29, 1.82) is 0 Å². The van der Waals surface area contributed by atoms with Crippen LogP contribution in [0.5, 0.6) is 0 Å². The predicted molar refractivity (Wildman–Crippen MR) is 161 cm³/mol. The Hall–Kier alpha value is -3.12. The van der Waals surface area contributed by atoms with Crippen LogP contribution in [0.3, 0.4) is 0 Å². The number of fused-ring (bicyclic) bond motifs is 3. The van der Waals surface area contributed by atoms with E-state index in [-0.39, 0.29) is 16.2 Å². The van der Waals surface area contributed by atoms with Gasteiger partial charge in [-0.1, -0.05) is 133 Å². The minimum Gasteiger partial charge on any atom is -0.103 e. The van der Waals surface area contributed by atoms with Gasteiger partial charge in [0.25, 0.3) is 0 Å². The molecule has 0 saturated carbocycles. The van der Waals surface area contributed by atoms with Crippen molar-refractivity contribution < 1.29 is 0 Å². The maximum Gasteiger partial charge on any atom is 0.0309 e. The van der Waals surface area contributed by atoms with Crippen LogP contribution in [-0.4, -0.2) is 0 Å². The molecule has 0 spiro atoms. The van der Waals surface area contributed by atoms with Crippen LogP contribution < -0.4 is 0 Å². The van der Waals surface area contributed by atoms with Gasteiger partial charge in [0.05, 0.1) is 0 Å². The standard InChI is InChI=1S/C37H42/c1-8-9-23-37(28-17-13-14-18-28,27-15-11-10-12-16-27)34-32-25-26-24-29(35(2,3)4)19-20-30(26)31(32)21-22-33(34)36(5,6)7/h8,10-22,24,28H,1,9,23,25H2,2-7H3. The molecule has 2 aliphatic rings. The molecule has 3 aromatic rings. The van der Waals surface area contributed by atoms with Gasteiger partial charge in [0.2, 0.25) is 0 Å². The minimum absolute atomic E-state index is 0.0238. The van der Waals surface area contributed by atoms with Gasteiger partial charge in [-0.2, -0.15) is 0 Å². The summed E-state index contributed by atoms with van der Waals surface area (Å²) in [5, 5.41) is 0. The van der Waals surface area contributed by atoms with E-state index >= 15 is 0 Å². The molecule has 0 aliphatic heterocycles. The van der Waals surface area contributed by atoms with E-state index in [0.717, 1.165) is 19.3 Å². The molecule has 1 atom stereocenters. The van der Waals surface area contributed by atoms with Gasteiger partial charge in [-0.05, 0) is 74.6 Å². The van der Waals surface area contributed by atoms with E-state index in [9.17, 15) is 0 Å². The Labute approximate surface area is 224 Å². The van der Waals surface area contributed by atoms with Crippen LogP contribution in [-0.2, 0) is 22.7 Å². The zero-order valence-electron chi connectivity index (χ0n) is 23.6. The summed E-state index contributed by atoms with van der Waals surface area (Å²) in [4.78, 5) is 0. The van der Waals surface area contributed by atoms with Crippen LogP contribution in [0.4, 0.5) is 0 Å². The Morgan fingerprint density at radius 1 is 0.784 bits per heavy atom.